The maximum atomic E-state index is 12.9. The third-order valence-corrected chi connectivity index (χ3v) is 5.24. The lowest BCUT2D eigenvalue weighted by Gasteiger charge is -2.05. The Morgan fingerprint density at radius 2 is 1.84 bits per heavy atom. The van der Waals surface area contributed by atoms with Crippen LogP contribution in [-0.4, -0.2) is 21.3 Å². The van der Waals surface area contributed by atoms with Gasteiger partial charge < -0.3 is 8.94 Å². The fourth-order valence-corrected chi connectivity index (χ4v) is 3.43. The summed E-state index contributed by atoms with van der Waals surface area (Å²) in [7, 11) is 0. The van der Waals surface area contributed by atoms with Crippen LogP contribution in [0.4, 0.5) is 6.01 Å². The van der Waals surface area contributed by atoms with Crippen molar-refractivity contribution in [3.05, 3.63) is 81.9 Å². The second kappa shape index (κ2) is 8.73. The van der Waals surface area contributed by atoms with Gasteiger partial charge in [0.25, 0.3) is 5.91 Å². The van der Waals surface area contributed by atoms with Gasteiger partial charge in [-0.1, -0.05) is 78.2 Å². The maximum absolute atomic E-state index is 12.9. The molecule has 0 spiro atoms. The average molecular weight is 437 g/mol. The van der Waals surface area contributed by atoms with Crippen molar-refractivity contribution in [2.45, 2.75) is 33.1 Å². The predicted molar refractivity (Wildman–Crippen MR) is 117 cm³/mol. The molecule has 2 aromatic carbocycles. The highest BCUT2D eigenvalue weighted by atomic mass is 35.5. The summed E-state index contributed by atoms with van der Waals surface area (Å²) in [6, 6.07) is 15.4. The van der Waals surface area contributed by atoms with E-state index < -0.39 is 5.91 Å². The lowest BCUT2D eigenvalue weighted by Crippen LogP contribution is -2.13. The molecule has 1 N–H and O–H groups in total. The monoisotopic (exact) mass is 436 g/mol. The van der Waals surface area contributed by atoms with Crippen molar-refractivity contribution in [2.75, 3.05) is 5.32 Å². The van der Waals surface area contributed by atoms with Gasteiger partial charge in [-0.3, -0.25) is 10.1 Å². The molecule has 158 valence electrons. The van der Waals surface area contributed by atoms with E-state index in [1.807, 2.05) is 18.2 Å². The molecule has 0 aliphatic heterocycles. The Kier molecular flexibility index (Phi) is 5.86. The molecule has 0 bridgehead atoms. The van der Waals surface area contributed by atoms with Gasteiger partial charge in [0.2, 0.25) is 5.89 Å². The van der Waals surface area contributed by atoms with Crippen LogP contribution >= 0.6 is 11.6 Å². The molecule has 8 heteroatoms. The number of amides is 1. The van der Waals surface area contributed by atoms with Gasteiger partial charge in [0.1, 0.15) is 17.0 Å². The van der Waals surface area contributed by atoms with E-state index in [4.69, 9.17) is 20.5 Å². The zero-order valence-corrected chi connectivity index (χ0v) is 18.1. The van der Waals surface area contributed by atoms with Crippen LogP contribution in [0.25, 0.3) is 11.3 Å². The summed E-state index contributed by atoms with van der Waals surface area (Å²) in [5.41, 5.74) is 3.52. The summed E-state index contributed by atoms with van der Waals surface area (Å²) in [6.07, 6.45) is 0.471. The second-order valence-electron chi connectivity index (χ2n) is 7.47. The highest BCUT2D eigenvalue weighted by Gasteiger charge is 2.24. The van der Waals surface area contributed by atoms with Crippen molar-refractivity contribution in [3.63, 3.8) is 0 Å². The lowest BCUT2D eigenvalue weighted by atomic mass is 10.0. The molecule has 0 saturated carbocycles. The number of anilines is 1. The van der Waals surface area contributed by atoms with E-state index in [0.717, 1.165) is 5.56 Å². The minimum Gasteiger partial charge on any atom is -0.407 e. The zero-order valence-electron chi connectivity index (χ0n) is 17.3. The first-order chi connectivity index (χ1) is 14.9. The number of benzene rings is 2. The Morgan fingerprint density at radius 3 is 2.55 bits per heavy atom. The quantitative estimate of drug-likeness (QED) is 0.419. The zero-order chi connectivity index (χ0) is 22.0. The van der Waals surface area contributed by atoms with E-state index in [1.165, 1.54) is 5.56 Å². The fourth-order valence-electron chi connectivity index (χ4n) is 3.21. The van der Waals surface area contributed by atoms with Gasteiger partial charge in [-0.05, 0) is 30.0 Å². The molecular weight excluding hydrogens is 416 g/mol. The summed E-state index contributed by atoms with van der Waals surface area (Å²) in [5.74, 6) is 0.763. The molecule has 0 fully saturated rings. The minimum absolute atomic E-state index is 0.00418. The molecule has 4 aromatic rings. The first kappa shape index (κ1) is 20.8. The van der Waals surface area contributed by atoms with E-state index in [1.54, 1.807) is 25.1 Å². The lowest BCUT2D eigenvalue weighted by molar-refractivity contribution is 0.102. The van der Waals surface area contributed by atoms with Crippen LogP contribution in [-0.2, 0) is 6.42 Å². The fraction of sp³-hybridized carbons (Fsp3) is 0.217. The Labute approximate surface area is 184 Å². The molecule has 2 heterocycles. The van der Waals surface area contributed by atoms with Gasteiger partial charge in [-0.2, -0.15) is 0 Å². The number of hydrogen-bond acceptors (Lipinski definition) is 6. The van der Waals surface area contributed by atoms with Crippen LogP contribution in [0.15, 0.2) is 57.5 Å². The van der Waals surface area contributed by atoms with Gasteiger partial charge in [-0.15, -0.1) is 5.10 Å². The van der Waals surface area contributed by atoms with Gasteiger partial charge in [0.15, 0.2) is 0 Å². The highest BCUT2D eigenvalue weighted by Crippen LogP contribution is 2.31. The molecule has 31 heavy (non-hydrogen) atoms. The van der Waals surface area contributed by atoms with Crippen molar-refractivity contribution in [2.24, 2.45) is 0 Å². The number of aryl methyl sites for hydroxylation is 1. The number of halogens is 1. The average Bonchev–Trinajstić information content (AvgIpc) is 3.35. The molecule has 0 atom stereocenters. The van der Waals surface area contributed by atoms with Crippen molar-refractivity contribution < 1.29 is 13.7 Å². The predicted octanol–water partition coefficient (Wildman–Crippen LogP) is 5.65. The Balaban J connectivity index is 1.50. The van der Waals surface area contributed by atoms with E-state index in [-0.39, 0.29) is 11.6 Å². The van der Waals surface area contributed by atoms with Crippen LogP contribution in [0.1, 0.15) is 52.9 Å². The molecule has 0 aliphatic rings. The third-order valence-electron chi connectivity index (χ3n) is 4.91. The van der Waals surface area contributed by atoms with Crippen molar-refractivity contribution in [1.29, 1.82) is 0 Å². The van der Waals surface area contributed by atoms with Crippen LogP contribution in [0, 0.1) is 6.92 Å². The van der Waals surface area contributed by atoms with E-state index in [9.17, 15) is 4.79 Å². The van der Waals surface area contributed by atoms with Crippen LogP contribution in [0.3, 0.4) is 0 Å². The smallest absolute Gasteiger partial charge is 0.322 e. The molecule has 2 aromatic heterocycles. The number of aromatic nitrogens is 3. The van der Waals surface area contributed by atoms with Crippen molar-refractivity contribution in [1.82, 2.24) is 15.4 Å². The van der Waals surface area contributed by atoms with Crippen LogP contribution < -0.4 is 5.32 Å². The van der Waals surface area contributed by atoms with Gasteiger partial charge in [-0.25, -0.2) is 0 Å². The summed E-state index contributed by atoms with van der Waals surface area (Å²) in [6.45, 7) is 5.95. The minimum atomic E-state index is -0.467. The van der Waals surface area contributed by atoms with Crippen molar-refractivity contribution in [3.8, 4) is 11.3 Å². The second-order valence-corrected chi connectivity index (χ2v) is 7.88. The number of carbonyl (C=O) groups is 1. The van der Waals surface area contributed by atoms with E-state index >= 15 is 0 Å². The Hall–Kier alpha value is -3.45. The number of nitrogens with one attached hydrogen (secondary N) is 1. The summed E-state index contributed by atoms with van der Waals surface area (Å²) in [5, 5.41) is 15.1. The van der Waals surface area contributed by atoms with Crippen LogP contribution in [0.5, 0.6) is 0 Å². The summed E-state index contributed by atoms with van der Waals surface area (Å²) in [4.78, 5) is 12.9. The third kappa shape index (κ3) is 4.51. The van der Waals surface area contributed by atoms with Crippen molar-refractivity contribution >= 4 is 23.5 Å². The molecule has 1 amide bonds. The Bertz CT molecular complexity index is 1210. The number of rotatable bonds is 6. The topological polar surface area (TPSA) is 94.1 Å². The molecular formula is C23H21ClN4O3. The Morgan fingerprint density at radius 1 is 1.10 bits per heavy atom. The first-order valence-electron chi connectivity index (χ1n) is 9.86. The van der Waals surface area contributed by atoms with E-state index in [2.05, 4.69) is 46.7 Å². The SMILES string of the molecule is Cc1onc(-c2ccccc2Cl)c1C(=O)Nc1nnc(Cc2ccc(C(C)C)cc2)o1. The molecule has 7 nitrogen and oxygen atoms in total. The number of carbonyl (C=O) groups excluding carboxylic acids is 1. The summed E-state index contributed by atoms with van der Waals surface area (Å²) >= 11 is 6.26. The highest BCUT2D eigenvalue weighted by molar-refractivity contribution is 6.33. The molecule has 0 radical (unpaired) electrons. The van der Waals surface area contributed by atoms with E-state index in [0.29, 0.717) is 40.3 Å². The van der Waals surface area contributed by atoms with Gasteiger partial charge >= 0.3 is 6.01 Å². The van der Waals surface area contributed by atoms with Gasteiger partial charge in [0.05, 0.1) is 11.4 Å². The van der Waals surface area contributed by atoms with Gasteiger partial charge in [0, 0.05) is 5.56 Å². The number of hydrogen-bond donors (Lipinski definition) is 1. The molecule has 4 rings (SSSR count). The first-order valence-corrected chi connectivity index (χ1v) is 10.2. The molecule has 0 unspecified atom stereocenters. The maximum Gasteiger partial charge on any atom is 0.322 e. The molecule has 0 aliphatic carbocycles. The molecule has 0 saturated heterocycles. The normalized spacial score (nSPS) is 11.1. The van der Waals surface area contributed by atoms with Crippen LogP contribution in [0.2, 0.25) is 5.02 Å². The number of nitrogens with zero attached hydrogens (tertiary/aromatic N) is 3. The standard InChI is InChI=1S/C23H21ClN4O3/c1-13(2)16-10-8-15(9-11-16)12-19-26-27-23(30-19)25-22(29)20-14(3)31-28-21(20)17-6-4-5-7-18(17)24/h4-11,13H,12H2,1-3H3,(H,25,27,29). The summed E-state index contributed by atoms with van der Waals surface area (Å²) < 4.78 is 10.9. The largest absolute Gasteiger partial charge is 0.407 e.